The Morgan fingerprint density at radius 3 is 2.41 bits per heavy atom. The van der Waals surface area contributed by atoms with E-state index >= 15 is 4.39 Å². The number of rotatable bonds is 8. The number of fused-ring (bicyclic) bond motifs is 1. The van der Waals surface area contributed by atoms with Gasteiger partial charge in [0.05, 0.1) is 18.9 Å². The van der Waals surface area contributed by atoms with E-state index in [0.717, 1.165) is 38.0 Å². The zero-order chi connectivity index (χ0) is 27.1. The van der Waals surface area contributed by atoms with Gasteiger partial charge in [-0.1, -0.05) is 62.4 Å². The molecule has 4 unspecified atom stereocenters. The number of nitrogens with zero attached hydrogens (tertiary/aromatic N) is 2. The fraction of sp³-hybridized carbons (Fsp3) is 0.485. The minimum Gasteiger partial charge on any atom is -0.378 e. The van der Waals surface area contributed by atoms with E-state index in [1.165, 1.54) is 11.1 Å². The molecule has 0 bridgehead atoms. The first kappa shape index (κ1) is 26.3. The van der Waals surface area contributed by atoms with Crippen LogP contribution in [0.5, 0.6) is 0 Å². The van der Waals surface area contributed by atoms with Crippen molar-refractivity contribution in [3.05, 3.63) is 88.8 Å². The molecule has 2 aromatic carbocycles. The highest BCUT2D eigenvalue weighted by Gasteiger charge is 2.58. The first-order valence-corrected chi connectivity index (χ1v) is 14.5. The summed E-state index contributed by atoms with van der Waals surface area (Å²) in [5, 5.41) is 0. The van der Waals surface area contributed by atoms with Crippen LogP contribution in [0.2, 0.25) is 0 Å². The number of hydrogen-bond donors (Lipinski definition) is 1. The molecule has 2 saturated heterocycles. The highest BCUT2D eigenvalue weighted by molar-refractivity contribution is 5.93. The fourth-order valence-corrected chi connectivity index (χ4v) is 7.45. The molecule has 2 aliphatic carbocycles. The number of primary amides is 1. The molecule has 1 saturated carbocycles. The van der Waals surface area contributed by atoms with Crippen molar-refractivity contribution in [2.75, 3.05) is 44.3 Å². The third-order valence-electron chi connectivity index (χ3n) is 9.89. The van der Waals surface area contributed by atoms with Crippen LogP contribution >= 0.6 is 0 Å². The molecule has 1 amide bonds. The van der Waals surface area contributed by atoms with Gasteiger partial charge < -0.3 is 15.4 Å². The van der Waals surface area contributed by atoms with E-state index in [4.69, 9.17) is 10.5 Å². The van der Waals surface area contributed by atoms with Crippen LogP contribution < -0.4 is 10.6 Å². The van der Waals surface area contributed by atoms with Crippen molar-refractivity contribution in [3.8, 4) is 0 Å². The predicted octanol–water partition coefficient (Wildman–Crippen LogP) is 4.85. The number of likely N-dealkylation sites (tertiary alicyclic amines) is 1. The number of ether oxygens (including phenoxy) is 1. The second-order valence-corrected chi connectivity index (χ2v) is 11.9. The van der Waals surface area contributed by atoms with Crippen molar-refractivity contribution in [2.24, 2.45) is 29.4 Å². The highest BCUT2D eigenvalue weighted by atomic mass is 19.1. The lowest BCUT2D eigenvalue weighted by molar-refractivity contribution is -0.115. The monoisotopic (exact) mass is 529 g/mol. The fourth-order valence-electron chi connectivity index (χ4n) is 7.45. The smallest absolute Gasteiger partial charge is 0.244 e. The SMILES string of the molecule is CCc1ccc(CN2CC3C(C2)C3CC2(c3ccc(N4CCOCC4)c(F)c3)C=CC=C(C(N)=O)C2C)cc1. The normalized spacial score (nSPS) is 30.2. The minimum absolute atomic E-state index is 0.122. The standard InChI is InChI=1S/C33H40FN3O2/c1-3-23-6-8-24(9-7-23)19-36-20-28-27(29(28)21-36)18-33(12-4-5-26(22(33)2)32(35)38)25-10-11-31(30(34)17-25)37-13-15-39-16-14-37/h4-12,17,22,27-29H,3,13-16,18-21H2,1-2H3,(H2,35,38). The average Bonchev–Trinajstić information content (AvgIpc) is 3.37. The molecule has 206 valence electrons. The summed E-state index contributed by atoms with van der Waals surface area (Å²) in [7, 11) is 0. The number of carbonyl (C=O) groups excluding carboxylic acids is 1. The molecule has 0 radical (unpaired) electrons. The van der Waals surface area contributed by atoms with Gasteiger partial charge in [-0.3, -0.25) is 9.69 Å². The highest BCUT2D eigenvalue weighted by Crippen LogP contribution is 2.59. The Morgan fingerprint density at radius 1 is 1.08 bits per heavy atom. The Bertz CT molecular complexity index is 1270. The summed E-state index contributed by atoms with van der Waals surface area (Å²) in [5.41, 5.74) is 10.3. The number of amides is 1. The Labute approximate surface area is 231 Å². The molecule has 0 aromatic heterocycles. The summed E-state index contributed by atoms with van der Waals surface area (Å²) in [6.07, 6.45) is 7.96. The molecule has 4 aliphatic rings. The van der Waals surface area contributed by atoms with Crippen molar-refractivity contribution >= 4 is 11.6 Å². The number of aryl methyl sites for hydroxylation is 1. The number of morpholine rings is 1. The van der Waals surface area contributed by atoms with Gasteiger partial charge in [0.2, 0.25) is 5.91 Å². The Morgan fingerprint density at radius 2 is 1.77 bits per heavy atom. The number of piperidine rings is 1. The Balaban J connectivity index is 1.21. The molecule has 2 aliphatic heterocycles. The maximum absolute atomic E-state index is 15.6. The van der Waals surface area contributed by atoms with Gasteiger partial charge in [0, 0.05) is 43.7 Å². The molecule has 39 heavy (non-hydrogen) atoms. The third kappa shape index (κ3) is 4.93. The lowest BCUT2D eigenvalue weighted by atomic mass is 9.62. The van der Waals surface area contributed by atoms with E-state index in [0.29, 0.717) is 55.3 Å². The van der Waals surface area contributed by atoms with Gasteiger partial charge in [0.25, 0.3) is 0 Å². The molecule has 2 N–H and O–H groups in total. The van der Waals surface area contributed by atoms with Crippen molar-refractivity contribution in [2.45, 2.75) is 38.6 Å². The van der Waals surface area contributed by atoms with Gasteiger partial charge in [-0.2, -0.15) is 0 Å². The summed E-state index contributed by atoms with van der Waals surface area (Å²) in [5.74, 6) is 1.14. The van der Waals surface area contributed by atoms with E-state index in [9.17, 15) is 4.79 Å². The molecule has 0 spiro atoms. The number of benzene rings is 2. The second kappa shape index (κ2) is 10.5. The molecule has 5 nitrogen and oxygen atoms in total. The topological polar surface area (TPSA) is 58.8 Å². The quantitative estimate of drug-likeness (QED) is 0.531. The predicted molar refractivity (Wildman–Crippen MR) is 153 cm³/mol. The van der Waals surface area contributed by atoms with Crippen LogP contribution in [0.15, 0.2) is 66.3 Å². The number of anilines is 1. The molecule has 3 fully saturated rings. The zero-order valence-corrected chi connectivity index (χ0v) is 23.1. The first-order chi connectivity index (χ1) is 18.9. The molecular formula is C33H40FN3O2. The lowest BCUT2D eigenvalue weighted by Crippen LogP contribution is -2.40. The van der Waals surface area contributed by atoms with E-state index in [2.05, 4.69) is 60.1 Å². The van der Waals surface area contributed by atoms with Gasteiger partial charge in [0.15, 0.2) is 0 Å². The van der Waals surface area contributed by atoms with Crippen molar-refractivity contribution < 1.29 is 13.9 Å². The first-order valence-electron chi connectivity index (χ1n) is 14.5. The van der Waals surface area contributed by atoms with Crippen LogP contribution in [-0.2, 0) is 27.9 Å². The minimum atomic E-state index is -0.459. The maximum atomic E-state index is 15.6. The molecule has 4 atom stereocenters. The Kier molecular flexibility index (Phi) is 7.11. The third-order valence-corrected chi connectivity index (χ3v) is 9.89. The van der Waals surface area contributed by atoms with Gasteiger partial charge in [0.1, 0.15) is 5.82 Å². The van der Waals surface area contributed by atoms with Crippen molar-refractivity contribution in [3.63, 3.8) is 0 Å². The zero-order valence-electron chi connectivity index (χ0n) is 23.1. The van der Waals surface area contributed by atoms with Gasteiger partial charge in [-0.15, -0.1) is 0 Å². The maximum Gasteiger partial charge on any atom is 0.244 e. The summed E-state index contributed by atoms with van der Waals surface area (Å²) >= 11 is 0. The number of nitrogens with two attached hydrogens (primary N) is 1. The van der Waals surface area contributed by atoms with E-state index < -0.39 is 11.3 Å². The molecular weight excluding hydrogens is 489 g/mol. The van der Waals surface area contributed by atoms with Crippen LogP contribution in [0.4, 0.5) is 10.1 Å². The largest absolute Gasteiger partial charge is 0.378 e. The van der Waals surface area contributed by atoms with Crippen molar-refractivity contribution in [1.29, 1.82) is 0 Å². The summed E-state index contributed by atoms with van der Waals surface area (Å²) in [6.45, 7) is 10.1. The summed E-state index contributed by atoms with van der Waals surface area (Å²) in [6, 6.07) is 14.7. The van der Waals surface area contributed by atoms with Crippen LogP contribution in [-0.4, -0.2) is 50.2 Å². The average molecular weight is 530 g/mol. The molecule has 2 aromatic rings. The second-order valence-electron chi connectivity index (χ2n) is 11.9. The molecule has 6 heteroatoms. The number of hydrogen-bond acceptors (Lipinski definition) is 4. The van der Waals surface area contributed by atoms with E-state index in [-0.39, 0.29) is 11.7 Å². The summed E-state index contributed by atoms with van der Waals surface area (Å²) < 4.78 is 21.1. The van der Waals surface area contributed by atoms with Crippen LogP contribution in [0.1, 0.15) is 37.0 Å². The van der Waals surface area contributed by atoms with Gasteiger partial charge in [-0.05, 0) is 65.3 Å². The number of halogens is 1. The van der Waals surface area contributed by atoms with Crippen LogP contribution in [0.3, 0.4) is 0 Å². The van der Waals surface area contributed by atoms with E-state index in [1.807, 2.05) is 18.2 Å². The lowest BCUT2D eigenvalue weighted by Gasteiger charge is -2.41. The van der Waals surface area contributed by atoms with E-state index in [1.54, 1.807) is 6.07 Å². The van der Waals surface area contributed by atoms with Crippen LogP contribution in [0.25, 0.3) is 0 Å². The van der Waals surface area contributed by atoms with Gasteiger partial charge in [-0.25, -0.2) is 4.39 Å². The number of allylic oxidation sites excluding steroid dienone is 3. The molecule has 2 heterocycles. The van der Waals surface area contributed by atoms with Crippen LogP contribution in [0, 0.1) is 29.5 Å². The van der Waals surface area contributed by atoms with Crippen molar-refractivity contribution in [1.82, 2.24) is 4.90 Å². The molecule has 6 rings (SSSR count). The Hall–Kier alpha value is -2.96. The number of carbonyl (C=O) groups is 1. The summed E-state index contributed by atoms with van der Waals surface area (Å²) in [4.78, 5) is 17.0. The van der Waals surface area contributed by atoms with Gasteiger partial charge >= 0.3 is 0 Å².